The molecule has 8 nitrogen and oxygen atoms in total. The fourth-order valence-electron chi connectivity index (χ4n) is 3.91. The van der Waals surface area contributed by atoms with Crippen LogP contribution in [0.25, 0.3) is 6.08 Å². The third-order valence-electron chi connectivity index (χ3n) is 5.91. The lowest BCUT2D eigenvalue weighted by molar-refractivity contribution is -0.143. The summed E-state index contributed by atoms with van der Waals surface area (Å²) in [5, 5.41) is 0. The number of sulfonamides is 1. The van der Waals surface area contributed by atoms with Crippen LogP contribution in [0.1, 0.15) is 22.7 Å². The van der Waals surface area contributed by atoms with Crippen molar-refractivity contribution in [3.8, 4) is 0 Å². The van der Waals surface area contributed by atoms with E-state index in [0.29, 0.717) is 5.56 Å². The second-order valence-corrected chi connectivity index (χ2v) is 10.5. The van der Waals surface area contributed by atoms with Crippen LogP contribution in [-0.2, 0) is 24.3 Å². The zero-order valence-electron chi connectivity index (χ0n) is 20.2. The second kappa shape index (κ2) is 11.3. The number of benzene rings is 3. The van der Waals surface area contributed by atoms with Crippen LogP contribution in [-0.4, -0.2) is 55.1 Å². The molecule has 1 fully saturated rings. The molecule has 9 heteroatoms. The molecule has 0 saturated carbocycles. The maximum absolute atomic E-state index is 13.4. The van der Waals surface area contributed by atoms with Crippen molar-refractivity contribution in [2.75, 3.05) is 19.7 Å². The van der Waals surface area contributed by atoms with Gasteiger partial charge in [0.15, 0.2) is 0 Å². The maximum atomic E-state index is 13.4. The van der Waals surface area contributed by atoms with Crippen molar-refractivity contribution in [3.05, 3.63) is 108 Å². The molecule has 0 aromatic heterocycles. The summed E-state index contributed by atoms with van der Waals surface area (Å²) in [6.45, 7) is 0.848. The molecule has 2 amide bonds. The van der Waals surface area contributed by atoms with Crippen molar-refractivity contribution in [2.24, 2.45) is 0 Å². The summed E-state index contributed by atoms with van der Waals surface area (Å²) in [6.07, 6.45) is 2.40. The van der Waals surface area contributed by atoms with Gasteiger partial charge >= 0.3 is 12.0 Å². The Kier molecular flexibility index (Phi) is 7.95. The number of cyclic esters (lactones) is 1. The SMILES string of the molecule is Cc1ccc(S(=O)(=O)N(C/C=C/c2ccccc2)CC(=O)C(=O)N2C(=O)OC[C@H]2c2ccccc2)cc1. The highest BCUT2D eigenvalue weighted by Gasteiger charge is 2.42. The van der Waals surface area contributed by atoms with Crippen LogP contribution in [0.2, 0.25) is 0 Å². The Bertz CT molecular complexity index is 1400. The monoisotopic (exact) mass is 518 g/mol. The van der Waals surface area contributed by atoms with Gasteiger partial charge < -0.3 is 4.74 Å². The average Bonchev–Trinajstić information content (AvgIpc) is 3.30. The number of Topliss-reactive ketones (excluding diaryl/α,β-unsaturated/α-hetero) is 1. The molecule has 0 unspecified atom stereocenters. The van der Waals surface area contributed by atoms with E-state index in [1.165, 1.54) is 12.1 Å². The van der Waals surface area contributed by atoms with E-state index in [2.05, 4.69) is 0 Å². The fraction of sp³-hybridized carbons (Fsp3) is 0.179. The van der Waals surface area contributed by atoms with Crippen LogP contribution in [0.3, 0.4) is 0 Å². The summed E-state index contributed by atoms with van der Waals surface area (Å²) >= 11 is 0. The molecule has 37 heavy (non-hydrogen) atoms. The Morgan fingerprint density at radius 1 is 0.973 bits per heavy atom. The van der Waals surface area contributed by atoms with Gasteiger partial charge in [-0.05, 0) is 30.2 Å². The standard InChI is InChI=1S/C28H26N2O6S/c1-21-14-16-24(17-15-21)37(34,35)29(18-8-11-22-9-4-2-5-10-22)19-26(31)27(32)30-25(20-36-28(30)33)23-12-6-3-7-13-23/h2-17,25H,18-20H2,1H3/b11-8+/t25-/m0/s1. The van der Waals surface area contributed by atoms with Crippen molar-refractivity contribution in [1.82, 2.24) is 9.21 Å². The number of nitrogens with zero attached hydrogens (tertiary/aromatic N) is 2. The summed E-state index contributed by atoms with van der Waals surface area (Å²) in [7, 11) is -4.13. The summed E-state index contributed by atoms with van der Waals surface area (Å²) in [6, 6.07) is 23.4. The van der Waals surface area contributed by atoms with Crippen molar-refractivity contribution in [1.29, 1.82) is 0 Å². The minimum absolute atomic E-state index is 0.00537. The lowest BCUT2D eigenvalue weighted by Crippen LogP contribution is -2.45. The lowest BCUT2D eigenvalue weighted by atomic mass is 10.1. The first-order valence-corrected chi connectivity index (χ1v) is 13.1. The fourth-order valence-corrected chi connectivity index (χ4v) is 5.25. The molecular weight excluding hydrogens is 492 g/mol. The normalized spacial score (nSPS) is 15.8. The smallest absolute Gasteiger partial charge is 0.417 e. The maximum Gasteiger partial charge on any atom is 0.417 e. The molecule has 0 radical (unpaired) electrons. The first-order chi connectivity index (χ1) is 17.8. The molecule has 3 aromatic rings. The molecule has 0 N–H and O–H groups in total. The summed E-state index contributed by atoms with van der Waals surface area (Å²) in [4.78, 5) is 39.3. The van der Waals surface area contributed by atoms with Gasteiger partial charge in [0.05, 0.1) is 11.4 Å². The first-order valence-electron chi connectivity index (χ1n) is 11.6. The summed E-state index contributed by atoms with van der Waals surface area (Å²) < 4.78 is 32.8. The van der Waals surface area contributed by atoms with Gasteiger partial charge in [0, 0.05) is 6.54 Å². The van der Waals surface area contributed by atoms with Crippen molar-refractivity contribution >= 4 is 33.9 Å². The molecule has 1 heterocycles. The van der Waals surface area contributed by atoms with Crippen LogP contribution < -0.4 is 0 Å². The van der Waals surface area contributed by atoms with E-state index < -0.39 is 40.4 Å². The number of ether oxygens (including phenoxy) is 1. The predicted octanol–water partition coefficient (Wildman–Crippen LogP) is 3.99. The largest absolute Gasteiger partial charge is 0.446 e. The van der Waals surface area contributed by atoms with E-state index in [9.17, 15) is 22.8 Å². The lowest BCUT2D eigenvalue weighted by Gasteiger charge is -2.23. The number of ketones is 1. The zero-order valence-corrected chi connectivity index (χ0v) is 21.0. The van der Waals surface area contributed by atoms with Crippen LogP contribution >= 0.6 is 0 Å². The van der Waals surface area contributed by atoms with E-state index in [-0.39, 0.29) is 18.0 Å². The van der Waals surface area contributed by atoms with Gasteiger partial charge in [0.2, 0.25) is 15.8 Å². The number of hydrogen-bond donors (Lipinski definition) is 0. The Hall–Kier alpha value is -4.08. The predicted molar refractivity (Wildman–Crippen MR) is 138 cm³/mol. The van der Waals surface area contributed by atoms with Crippen molar-refractivity contribution in [3.63, 3.8) is 0 Å². The van der Waals surface area contributed by atoms with Gasteiger partial charge in [0.1, 0.15) is 12.6 Å². The second-order valence-electron chi connectivity index (χ2n) is 8.53. The van der Waals surface area contributed by atoms with Crippen LogP contribution in [0.5, 0.6) is 0 Å². The van der Waals surface area contributed by atoms with E-state index in [1.807, 2.05) is 37.3 Å². The average molecular weight is 519 g/mol. The molecule has 1 saturated heterocycles. The number of carbonyl (C=O) groups is 3. The molecule has 0 spiro atoms. The Balaban J connectivity index is 1.58. The van der Waals surface area contributed by atoms with Crippen molar-refractivity contribution < 1.29 is 27.5 Å². The highest BCUT2D eigenvalue weighted by molar-refractivity contribution is 7.89. The van der Waals surface area contributed by atoms with E-state index in [4.69, 9.17) is 4.74 Å². The Morgan fingerprint density at radius 3 is 2.24 bits per heavy atom. The number of hydrogen-bond acceptors (Lipinski definition) is 6. The quantitative estimate of drug-likeness (QED) is 0.397. The third-order valence-corrected chi connectivity index (χ3v) is 7.74. The third kappa shape index (κ3) is 6.02. The van der Waals surface area contributed by atoms with Crippen molar-refractivity contribution in [2.45, 2.75) is 17.9 Å². The molecule has 1 aliphatic heterocycles. The first kappa shape index (κ1) is 26.0. The van der Waals surface area contributed by atoms with E-state index in [1.54, 1.807) is 54.6 Å². The zero-order chi connectivity index (χ0) is 26.4. The van der Waals surface area contributed by atoms with Gasteiger partial charge in [-0.3, -0.25) is 9.59 Å². The molecule has 1 aliphatic rings. The van der Waals surface area contributed by atoms with Gasteiger partial charge in [-0.2, -0.15) is 4.31 Å². The number of rotatable bonds is 9. The van der Waals surface area contributed by atoms with Crippen LogP contribution in [0.4, 0.5) is 4.79 Å². The molecule has 3 aromatic carbocycles. The number of amides is 2. The van der Waals surface area contributed by atoms with Crippen LogP contribution in [0.15, 0.2) is 95.9 Å². The Morgan fingerprint density at radius 2 is 1.59 bits per heavy atom. The number of imide groups is 1. The summed E-state index contributed by atoms with van der Waals surface area (Å²) in [5.41, 5.74) is 2.35. The topological polar surface area (TPSA) is 101 Å². The number of aryl methyl sites for hydroxylation is 1. The minimum Gasteiger partial charge on any atom is -0.446 e. The van der Waals surface area contributed by atoms with Gasteiger partial charge in [0.25, 0.3) is 0 Å². The molecule has 0 aliphatic carbocycles. The minimum atomic E-state index is -4.13. The van der Waals surface area contributed by atoms with Gasteiger partial charge in [-0.1, -0.05) is 90.5 Å². The van der Waals surface area contributed by atoms with E-state index in [0.717, 1.165) is 20.3 Å². The molecule has 0 bridgehead atoms. The van der Waals surface area contributed by atoms with Crippen LogP contribution in [0, 0.1) is 6.92 Å². The molecule has 1 atom stereocenters. The number of carbonyl (C=O) groups excluding carboxylic acids is 3. The molecular formula is C28H26N2O6S. The molecule has 190 valence electrons. The van der Waals surface area contributed by atoms with E-state index >= 15 is 0 Å². The van der Waals surface area contributed by atoms with Gasteiger partial charge in [-0.15, -0.1) is 0 Å². The highest BCUT2D eigenvalue weighted by Crippen LogP contribution is 2.28. The van der Waals surface area contributed by atoms with Gasteiger partial charge in [-0.25, -0.2) is 18.1 Å². The molecule has 4 rings (SSSR count). The highest BCUT2D eigenvalue weighted by atomic mass is 32.2. The summed E-state index contributed by atoms with van der Waals surface area (Å²) in [5.74, 6) is -2.16. The Labute approximate surface area is 215 Å².